The van der Waals surface area contributed by atoms with Crippen LogP contribution >= 0.6 is 0 Å². The Balaban J connectivity index is 1.55. The van der Waals surface area contributed by atoms with Gasteiger partial charge in [-0.15, -0.1) is 0 Å². The van der Waals surface area contributed by atoms with E-state index in [2.05, 4.69) is 10.4 Å². The fourth-order valence-corrected chi connectivity index (χ4v) is 4.08. The van der Waals surface area contributed by atoms with Gasteiger partial charge in [0.2, 0.25) is 11.8 Å². The van der Waals surface area contributed by atoms with Crippen molar-refractivity contribution in [1.82, 2.24) is 14.7 Å². The first-order chi connectivity index (χ1) is 12.4. The van der Waals surface area contributed by atoms with Crippen molar-refractivity contribution in [3.8, 4) is 0 Å². The molecule has 1 aliphatic heterocycles. The number of piperidine rings is 1. The third kappa shape index (κ3) is 4.27. The minimum Gasteiger partial charge on any atom is -0.342 e. The second-order valence-corrected chi connectivity index (χ2v) is 8.76. The van der Waals surface area contributed by atoms with E-state index in [1.54, 1.807) is 6.20 Å². The summed E-state index contributed by atoms with van der Waals surface area (Å²) in [6.07, 6.45) is 9.27. The van der Waals surface area contributed by atoms with Gasteiger partial charge in [-0.1, -0.05) is 40.0 Å². The van der Waals surface area contributed by atoms with Crippen LogP contribution in [0.25, 0.3) is 0 Å². The molecule has 2 fully saturated rings. The van der Waals surface area contributed by atoms with Crippen molar-refractivity contribution < 1.29 is 9.59 Å². The maximum Gasteiger partial charge on any atom is 0.228 e. The fourth-order valence-electron chi connectivity index (χ4n) is 4.08. The molecule has 6 heteroatoms. The summed E-state index contributed by atoms with van der Waals surface area (Å²) < 4.78 is 2.00. The molecule has 3 rings (SSSR count). The van der Waals surface area contributed by atoms with Crippen LogP contribution < -0.4 is 5.32 Å². The van der Waals surface area contributed by atoms with Gasteiger partial charge in [-0.2, -0.15) is 5.10 Å². The molecule has 144 valence electrons. The molecule has 1 aromatic heterocycles. The van der Waals surface area contributed by atoms with Crippen LogP contribution in [0.5, 0.6) is 0 Å². The average Bonchev–Trinajstić information content (AvgIpc) is 3.09. The Labute approximate surface area is 156 Å². The molecule has 2 amide bonds. The lowest BCUT2D eigenvalue weighted by atomic mass is 9.90. The quantitative estimate of drug-likeness (QED) is 0.895. The summed E-state index contributed by atoms with van der Waals surface area (Å²) in [6, 6.07) is 2.30. The summed E-state index contributed by atoms with van der Waals surface area (Å²) in [5.41, 5.74) is -0.360. The predicted molar refractivity (Wildman–Crippen MR) is 102 cm³/mol. The summed E-state index contributed by atoms with van der Waals surface area (Å²) in [5.74, 6) is 1.01. The van der Waals surface area contributed by atoms with E-state index in [0.717, 1.165) is 31.5 Å². The topological polar surface area (TPSA) is 67.2 Å². The molecular weight excluding hydrogens is 328 g/mol. The lowest BCUT2D eigenvalue weighted by Crippen LogP contribution is -2.45. The van der Waals surface area contributed by atoms with Gasteiger partial charge < -0.3 is 10.2 Å². The number of carbonyl (C=O) groups is 2. The zero-order valence-electron chi connectivity index (χ0n) is 16.3. The van der Waals surface area contributed by atoms with Crippen LogP contribution in [0.15, 0.2) is 12.3 Å². The van der Waals surface area contributed by atoms with Gasteiger partial charge in [-0.3, -0.25) is 9.59 Å². The van der Waals surface area contributed by atoms with Crippen LogP contribution in [0.2, 0.25) is 0 Å². The van der Waals surface area contributed by atoms with E-state index in [1.807, 2.05) is 36.4 Å². The molecule has 0 spiro atoms. The second kappa shape index (κ2) is 7.80. The average molecular weight is 361 g/mol. The Morgan fingerprint density at radius 3 is 2.35 bits per heavy atom. The Hall–Kier alpha value is -1.85. The first-order valence-corrected chi connectivity index (χ1v) is 10.00. The van der Waals surface area contributed by atoms with Crippen LogP contribution in [-0.2, 0) is 9.59 Å². The predicted octanol–water partition coefficient (Wildman–Crippen LogP) is 3.61. The molecule has 2 heterocycles. The van der Waals surface area contributed by atoms with E-state index in [9.17, 15) is 9.59 Å². The van der Waals surface area contributed by atoms with Gasteiger partial charge in [-0.05, 0) is 25.7 Å². The highest BCUT2D eigenvalue weighted by Gasteiger charge is 2.32. The maximum atomic E-state index is 12.7. The molecule has 1 saturated carbocycles. The molecule has 0 aromatic carbocycles. The van der Waals surface area contributed by atoms with E-state index in [-0.39, 0.29) is 23.1 Å². The smallest absolute Gasteiger partial charge is 0.228 e. The molecule has 2 aliphatic rings. The van der Waals surface area contributed by atoms with Crippen molar-refractivity contribution in [2.75, 3.05) is 18.4 Å². The van der Waals surface area contributed by atoms with Crippen LogP contribution in [-0.4, -0.2) is 39.6 Å². The third-order valence-corrected chi connectivity index (χ3v) is 5.64. The number of hydrogen-bond acceptors (Lipinski definition) is 3. The van der Waals surface area contributed by atoms with Crippen LogP contribution in [0.1, 0.15) is 71.8 Å². The normalized spacial score (nSPS) is 20.2. The first kappa shape index (κ1) is 18.9. The van der Waals surface area contributed by atoms with Crippen molar-refractivity contribution in [3.63, 3.8) is 0 Å². The van der Waals surface area contributed by atoms with Crippen molar-refractivity contribution in [2.45, 2.75) is 71.8 Å². The lowest BCUT2D eigenvalue weighted by molar-refractivity contribution is -0.142. The molecule has 1 aliphatic carbocycles. The number of nitrogens with one attached hydrogen (secondary N) is 1. The number of carbonyl (C=O) groups excluding carboxylic acids is 2. The minimum atomic E-state index is -0.360. The number of hydrogen-bond donors (Lipinski definition) is 1. The van der Waals surface area contributed by atoms with E-state index >= 15 is 0 Å². The largest absolute Gasteiger partial charge is 0.342 e. The summed E-state index contributed by atoms with van der Waals surface area (Å²) >= 11 is 0. The highest BCUT2D eigenvalue weighted by molar-refractivity contribution is 5.92. The van der Waals surface area contributed by atoms with Gasteiger partial charge in [0.15, 0.2) is 0 Å². The van der Waals surface area contributed by atoms with Gasteiger partial charge in [0.1, 0.15) is 5.82 Å². The molecular formula is C20H32N4O2. The molecule has 1 saturated heterocycles. The minimum absolute atomic E-state index is 0.0336. The van der Waals surface area contributed by atoms with Crippen LogP contribution in [0.4, 0.5) is 5.82 Å². The van der Waals surface area contributed by atoms with Crippen molar-refractivity contribution in [2.24, 2.45) is 11.3 Å². The Morgan fingerprint density at radius 2 is 1.73 bits per heavy atom. The highest BCUT2D eigenvalue weighted by atomic mass is 16.2. The molecule has 26 heavy (non-hydrogen) atoms. The third-order valence-electron chi connectivity index (χ3n) is 5.64. The molecule has 0 unspecified atom stereocenters. The van der Waals surface area contributed by atoms with E-state index in [4.69, 9.17) is 0 Å². The number of likely N-dealkylation sites (tertiary alicyclic amines) is 1. The van der Waals surface area contributed by atoms with Gasteiger partial charge in [0.05, 0.1) is 12.2 Å². The zero-order chi connectivity index (χ0) is 18.7. The van der Waals surface area contributed by atoms with Gasteiger partial charge >= 0.3 is 0 Å². The molecule has 0 radical (unpaired) electrons. The number of aromatic nitrogens is 2. The lowest BCUT2D eigenvalue weighted by Gasteiger charge is -2.35. The Bertz CT molecular complexity index is 632. The monoisotopic (exact) mass is 360 g/mol. The number of rotatable bonds is 3. The Kier molecular flexibility index (Phi) is 5.68. The summed E-state index contributed by atoms with van der Waals surface area (Å²) in [5, 5.41) is 7.54. The molecule has 6 nitrogen and oxygen atoms in total. The van der Waals surface area contributed by atoms with Crippen LogP contribution in [0, 0.1) is 11.3 Å². The van der Waals surface area contributed by atoms with Crippen molar-refractivity contribution in [1.29, 1.82) is 0 Å². The van der Waals surface area contributed by atoms with E-state index < -0.39 is 0 Å². The second-order valence-electron chi connectivity index (χ2n) is 8.76. The molecule has 1 aromatic rings. The Morgan fingerprint density at radius 1 is 1.08 bits per heavy atom. The first-order valence-electron chi connectivity index (χ1n) is 10.00. The van der Waals surface area contributed by atoms with Crippen LogP contribution in [0.3, 0.4) is 0 Å². The zero-order valence-corrected chi connectivity index (χ0v) is 16.3. The number of anilines is 1. The maximum absolute atomic E-state index is 12.7. The highest BCUT2D eigenvalue weighted by Crippen LogP contribution is 2.30. The number of nitrogens with zero attached hydrogens (tertiary/aromatic N) is 3. The molecule has 0 atom stereocenters. The summed E-state index contributed by atoms with van der Waals surface area (Å²) in [7, 11) is 0. The fraction of sp³-hybridized carbons (Fsp3) is 0.750. The van der Waals surface area contributed by atoms with Gasteiger partial charge in [0, 0.05) is 30.5 Å². The summed E-state index contributed by atoms with van der Waals surface area (Å²) in [4.78, 5) is 27.0. The number of amides is 2. The van der Waals surface area contributed by atoms with Crippen molar-refractivity contribution in [3.05, 3.63) is 12.3 Å². The van der Waals surface area contributed by atoms with E-state index in [1.165, 1.54) is 19.3 Å². The SMILES string of the molecule is CC(C)(C)C(=O)N1CCC(C(=O)Nc2ccnn2C2CCCCC2)CC1. The molecule has 1 N–H and O–H groups in total. The summed E-state index contributed by atoms with van der Waals surface area (Å²) in [6.45, 7) is 7.16. The van der Waals surface area contributed by atoms with Gasteiger partial charge in [0.25, 0.3) is 0 Å². The van der Waals surface area contributed by atoms with Gasteiger partial charge in [-0.25, -0.2) is 4.68 Å². The van der Waals surface area contributed by atoms with Crippen molar-refractivity contribution >= 4 is 17.6 Å². The standard InChI is InChI=1S/C20H32N4O2/c1-20(2,3)19(26)23-13-10-15(11-14-23)18(25)22-17-9-12-21-24(17)16-7-5-4-6-8-16/h9,12,15-16H,4-8,10-11,13-14H2,1-3H3,(H,22,25). The molecule has 0 bridgehead atoms. The van der Waals surface area contributed by atoms with E-state index in [0.29, 0.717) is 19.1 Å².